The lowest BCUT2D eigenvalue weighted by molar-refractivity contribution is -0.141. The van der Waals surface area contributed by atoms with Gasteiger partial charge in [-0.25, -0.2) is 8.78 Å². The number of nitriles is 1. The predicted octanol–water partition coefficient (Wildman–Crippen LogP) is 7.52. The van der Waals surface area contributed by atoms with Gasteiger partial charge in [-0.2, -0.15) is 51.8 Å². The summed E-state index contributed by atoms with van der Waals surface area (Å²) in [5.74, 6) is -1.31. The lowest BCUT2D eigenvalue weighted by Gasteiger charge is -2.31. The molecule has 2 aromatic carbocycles. The molecular formula is C33H26F8N8OS. The molecular weight excluding hydrogens is 708 g/mol. The van der Waals surface area contributed by atoms with E-state index >= 15 is 26.3 Å². The van der Waals surface area contributed by atoms with Crippen LogP contribution in [0.2, 0.25) is 0 Å². The number of hydrogen-bond donors (Lipinski definition) is 1. The van der Waals surface area contributed by atoms with E-state index in [1.807, 2.05) is 4.90 Å². The minimum Gasteiger partial charge on any atom is -0.461 e. The van der Waals surface area contributed by atoms with Gasteiger partial charge in [-0.1, -0.05) is 6.07 Å². The number of anilines is 2. The summed E-state index contributed by atoms with van der Waals surface area (Å²) in [5.41, 5.74) is -1.34. The zero-order valence-corrected chi connectivity index (χ0v) is 27.4. The number of hydrogen-bond acceptors (Lipinski definition) is 10. The van der Waals surface area contributed by atoms with E-state index in [4.69, 9.17) is 10.5 Å². The van der Waals surface area contributed by atoms with Crippen LogP contribution in [0, 0.1) is 17.1 Å². The summed E-state index contributed by atoms with van der Waals surface area (Å²) >= 11 is 0.530. The Morgan fingerprint density at radius 2 is 1.92 bits per heavy atom. The highest BCUT2D eigenvalue weighted by Gasteiger charge is 2.50. The second-order valence-electron chi connectivity index (χ2n) is 12.6. The van der Waals surface area contributed by atoms with Crippen molar-refractivity contribution in [3.63, 3.8) is 0 Å². The van der Waals surface area contributed by atoms with Gasteiger partial charge in [0.05, 0.1) is 38.6 Å². The maximum atomic E-state index is 15.5. The number of rotatable bonds is 7. The van der Waals surface area contributed by atoms with E-state index in [2.05, 4.69) is 20.2 Å². The summed E-state index contributed by atoms with van der Waals surface area (Å²) in [6.45, 7) is 0.526. The molecule has 2 N–H and O–H groups in total. The molecule has 0 radical (unpaired) electrons. The van der Waals surface area contributed by atoms with Gasteiger partial charge in [-0.05, 0) is 48.7 Å². The Bertz CT molecular complexity index is 2200. The fraction of sp³-hybridized carbons (Fsp3) is 0.364. The number of fused-ring (bicyclic) bond motifs is 3. The molecule has 0 unspecified atom stereocenters. The third-order valence-electron chi connectivity index (χ3n) is 9.40. The Balaban J connectivity index is 1.53. The highest BCUT2D eigenvalue weighted by atomic mass is 32.1. The van der Waals surface area contributed by atoms with Crippen LogP contribution >= 0.6 is 11.3 Å². The fourth-order valence-corrected chi connectivity index (χ4v) is 8.23. The number of thiophene rings is 1. The minimum atomic E-state index is -5.49. The molecule has 3 aromatic heterocycles. The van der Waals surface area contributed by atoms with Gasteiger partial charge in [0.25, 0.3) is 0 Å². The SMILES string of the molecule is CN(Cc1ccnnc1)c1nc(OC[C@@]23CCCN2C[C@H](F)C3)nc2c(C(F)(F)F)c(-c3ccc(F)c4sc(N)c(C#N)c34)c(C(F)(F)F)cc12. The van der Waals surface area contributed by atoms with Crippen LogP contribution in [0.3, 0.4) is 0 Å². The van der Waals surface area contributed by atoms with Crippen LogP contribution in [0.25, 0.3) is 32.1 Å². The number of ether oxygens (including phenoxy) is 1. The number of nitrogens with zero attached hydrogens (tertiary/aromatic N) is 7. The van der Waals surface area contributed by atoms with E-state index in [0.717, 1.165) is 18.6 Å². The summed E-state index contributed by atoms with van der Waals surface area (Å²) in [4.78, 5) is 11.7. The van der Waals surface area contributed by atoms with Crippen LogP contribution in [0.15, 0.2) is 36.7 Å². The molecule has 0 spiro atoms. The van der Waals surface area contributed by atoms with Crippen molar-refractivity contribution in [3.05, 3.63) is 64.7 Å². The monoisotopic (exact) mass is 734 g/mol. The van der Waals surface area contributed by atoms with Gasteiger partial charge in [0.2, 0.25) is 0 Å². The first-order chi connectivity index (χ1) is 24.1. The summed E-state index contributed by atoms with van der Waals surface area (Å²) in [6.07, 6.45) is -7.86. The number of aromatic nitrogens is 4. The topological polar surface area (TPSA) is 117 Å². The zero-order chi connectivity index (χ0) is 36.5. The first kappa shape index (κ1) is 34.6. The number of nitrogen functional groups attached to an aromatic ring is 1. The number of benzene rings is 2. The Morgan fingerprint density at radius 1 is 1.14 bits per heavy atom. The highest BCUT2D eigenvalue weighted by molar-refractivity contribution is 7.23. The zero-order valence-electron chi connectivity index (χ0n) is 26.5. The van der Waals surface area contributed by atoms with Crippen LogP contribution in [-0.4, -0.2) is 63.5 Å². The number of nitrogens with two attached hydrogens (primary N) is 1. The fourth-order valence-electron chi connectivity index (χ4n) is 7.28. The Labute approximate surface area is 288 Å². The maximum absolute atomic E-state index is 15.5. The average molecular weight is 735 g/mol. The van der Waals surface area contributed by atoms with Crippen molar-refractivity contribution < 1.29 is 39.9 Å². The Morgan fingerprint density at radius 3 is 2.61 bits per heavy atom. The van der Waals surface area contributed by atoms with E-state index in [1.165, 1.54) is 24.3 Å². The molecule has 2 saturated heterocycles. The molecule has 9 nitrogen and oxygen atoms in total. The normalized spacial score (nSPS) is 19.5. The van der Waals surface area contributed by atoms with Gasteiger partial charge in [0, 0.05) is 49.1 Å². The summed E-state index contributed by atoms with van der Waals surface area (Å²) in [5, 5.41) is 15.9. The average Bonchev–Trinajstić information content (AvgIpc) is 3.71. The van der Waals surface area contributed by atoms with Gasteiger partial charge >= 0.3 is 18.4 Å². The van der Waals surface area contributed by atoms with Crippen molar-refractivity contribution in [2.24, 2.45) is 0 Å². The van der Waals surface area contributed by atoms with Crippen molar-refractivity contribution >= 4 is 43.1 Å². The quantitative estimate of drug-likeness (QED) is 0.170. The minimum absolute atomic E-state index is 0.0644. The van der Waals surface area contributed by atoms with Gasteiger partial charge < -0.3 is 15.4 Å². The van der Waals surface area contributed by atoms with Crippen molar-refractivity contribution in [2.75, 3.05) is 37.4 Å². The molecule has 0 aliphatic carbocycles. The molecule has 7 rings (SSSR count). The third kappa shape index (κ3) is 6.01. The number of alkyl halides is 7. The molecule has 5 aromatic rings. The smallest absolute Gasteiger partial charge is 0.419 e. The van der Waals surface area contributed by atoms with E-state index in [9.17, 15) is 14.0 Å². The predicted molar refractivity (Wildman–Crippen MR) is 172 cm³/mol. The van der Waals surface area contributed by atoms with Crippen molar-refractivity contribution in [2.45, 2.75) is 49.9 Å². The standard InChI is InChI=1S/C33H26F8N8OS/c1-48(13-16-5-7-44-45-12-16)29-19-9-21(32(36,37)38)24(18-3-4-22(35)27-23(18)20(11-42)28(43)51-27)25(33(39,40)41)26(19)46-30(47-29)50-15-31-6-2-8-49(31)14-17(34)10-31/h3-5,7,9,12,17H,2,6,8,10,13-15,43H2,1H3/t17-,31+/m1/s1. The van der Waals surface area contributed by atoms with Gasteiger partial charge in [-0.3, -0.25) is 4.90 Å². The molecule has 0 saturated carbocycles. The molecule has 2 aliphatic rings. The molecule has 266 valence electrons. The molecule has 2 atom stereocenters. The molecule has 2 aliphatic heterocycles. The summed E-state index contributed by atoms with van der Waals surface area (Å²) in [6, 6.07) is 4.68. The van der Waals surface area contributed by atoms with Gasteiger partial charge in [0.15, 0.2) is 0 Å². The van der Waals surface area contributed by atoms with Crippen LogP contribution in [0.5, 0.6) is 6.01 Å². The Kier molecular flexibility index (Phi) is 8.41. The van der Waals surface area contributed by atoms with Gasteiger partial charge in [-0.15, -0.1) is 11.3 Å². The first-order valence-corrected chi connectivity index (χ1v) is 16.4. The van der Waals surface area contributed by atoms with Crippen molar-refractivity contribution in [1.82, 2.24) is 25.1 Å². The van der Waals surface area contributed by atoms with E-state index in [0.29, 0.717) is 35.9 Å². The second-order valence-corrected chi connectivity index (χ2v) is 13.7. The summed E-state index contributed by atoms with van der Waals surface area (Å²) < 4.78 is 127. The molecule has 5 heterocycles. The first-order valence-electron chi connectivity index (χ1n) is 15.5. The number of halogens is 8. The maximum Gasteiger partial charge on any atom is 0.419 e. The van der Waals surface area contributed by atoms with E-state index in [-0.39, 0.29) is 41.6 Å². The Hall–Kier alpha value is -4.89. The molecule has 18 heteroatoms. The molecule has 0 bridgehead atoms. The van der Waals surface area contributed by atoms with Crippen molar-refractivity contribution in [1.29, 1.82) is 5.26 Å². The highest BCUT2D eigenvalue weighted by Crippen LogP contribution is 2.52. The van der Waals surface area contributed by atoms with E-state index in [1.54, 1.807) is 12.1 Å². The lowest BCUT2D eigenvalue weighted by atomic mass is 9.88. The van der Waals surface area contributed by atoms with Crippen LogP contribution in [0.4, 0.5) is 45.9 Å². The molecule has 2 fully saturated rings. The van der Waals surface area contributed by atoms with Crippen LogP contribution < -0.4 is 15.4 Å². The summed E-state index contributed by atoms with van der Waals surface area (Å²) in [7, 11) is 1.42. The van der Waals surface area contributed by atoms with Crippen LogP contribution in [0.1, 0.15) is 41.5 Å². The van der Waals surface area contributed by atoms with E-state index < -0.39 is 80.0 Å². The van der Waals surface area contributed by atoms with Gasteiger partial charge in [0.1, 0.15) is 35.5 Å². The van der Waals surface area contributed by atoms with Crippen molar-refractivity contribution in [3.8, 4) is 23.2 Å². The second kappa shape index (κ2) is 12.4. The lowest BCUT2D eigenvalue weighted by Crippen LogP contribution is -2.43. The molecule has 0 amide bonds. The molecule has 51 heavy (non-hydrogen) atoms. The van der Waals surface area contributed by atoms with Crippen LogP contribution in [-0.2, 0) is 18.9 Å². The largest absolute Gasteiger partial charge is 0.461 e. The third-order valence-corrected chi connectivity index (χ3v) is 10.4.